The summed E-state index contributed by atoms with van der Waals surface area (Å²) in [5, 5.41) is 9.39. The van der Waals surface area contributed by atoms with Gasteiger partial charge >= 0.3 is 0 Å². The Morgan fingerprint density at radius 2 is 2.22 bits per heavy atom. The van der Waals surface area contributed by atoms with Gasteiger partial charge in [0.1, 0.15) is 17.2 Å². The number of nitrogens with one attached hydrogen (secondary N) is 1. The van der Waals surface area contributed by atoms with Crippen LogP contribution in [0, 0.1) is 0 Å². The molecule has 120 valence electrons. The average Bonchev–Trinajstić information content (AvgIpc) is 3.15. The molecule has 23 heavy (non-hydrogen) atoms. The number of aryl methyl sites for hydroxylation is 1. The van der Waals surface area contributed by atoms with Gasteiger partial charge < -0.3 is 9.73 Å². The highest BCUT2D eigenvalue weighted by Gasteiger charge is 2.22. The standard InChI is InChI=1S/C18H22N4O/c1-12(2)18-20-17-8-7-14(11-22(17)21-18)19-10-15-9-13-5-3-4-6-16(13)23-15/h3-6,9,12,14,19H,7-8,10-11H2,1-2H3/t14-/m1/s1. The Morgan fingerprint density at radius 1 is 1.35 bits per heavy atom. The highest BCUT2D eigenvalue weighted by molar-refractivity contribution is 5.77. The van der Waals surface area contributed by atoms with Gasteiger partial charge in [-0.25, -0.2) is 9.67 Å². The Labute approximate surface area is 135 Å². The fourth-order valence-electron chi connectivity index (χ4n) is 3.11. The third kappa shape index (κ3) is 2.88. The SMILES string of the molecule is CC(C)c1nc2n(n1)C[C@H](NCc1cc3ccccc3o1)CC2. The normalized spacial score (nSPS) is 17.8. The van der Waals surface area contributed by atoms with Crippen molar-refractivity contribution in [2.45, 2.75) is 51.7 Å². The number of aromatic nitrogens is 3. The number of hydrogen-bond donors (Lipinski definition) is 1. The van der Waals surface area contributed by atoms with Crippen LogP contribution in [0.3, 0.4) is 0 Å². The lowest BCUT2D eigenvalue weighted by molar-refractivity contribution is 0.346. The minimum absolute atomic E-state index is 0.384. The second kappa shape index (κ2) is 5.81. The molecule has 0 radical (unpaired) electrons. The molecular weight excluding hydrogens is 288 g/mol. The fourth-order valence-corrected chi connectivity index (χ4v) is 3.11. The number of benzene rings is 1. The van der Waals surface area contributed by atoms with Gasteiger partial charge in [-0.15, -0.1) is 0 Å². The van der Waals surface area contributed by atoms with Gasteiger partial charge in [0.25, 0.3) is 0 Å². The molecule has 0 fully saturated rings. The smallest absolute Gasteiger partial charge is 0.153 e. The predicted molar refractivity (Wildman–Crippen MR) is 89.3 cm³/mol. The molecule has 0 bridgehead atoms. The third-order valence-corrected chi connectivity index (χ3v) is 4.43. The molecular formula is C18H22N4O. The molecule has 3 aromatic rings. The predicted octanol–water partition coefficient (Wildman–Crippen LogP) is 3.25. The molecule has 0 saturated heterocycles. The Hall–Kier alpha value is -2.14. The Kier molecular flexibility index (Phi) is 3.65. The number of fused-ring (bicyclic) bond motifs is 2. The monoisotopic (exact) mass is 310 g/mol. The second-order valence-corrected chi connectivity index (χ2v) is 6.59. The van der Waals surface area contributed by atoms with Crippen LogP contribution in [0.4, 0.5) is 0 Å². The molecule has 5 heteroatoms. The Balaban J connectivity index is 1.41. The first-order chi connectivity index (χ1) is 11.2. The van der Waals surface area contributed by atoms with E-state index in [1.165, 1.54) is 0 Å². The van der Waals surface area contributed by atoms with Crippen LogP contribution in [-0.4, -0.2) is 20.8 Å². The lowest BCUT2D eigenvalue weighted by atomic mass is 10.1. The summed E-state index contributed by atoms with van der Waals surface area (Å²) >= 11 is 0. The molecule has 0 aliphatic carbocycles. The molecule has 2 aromatic heterocycles. The van der Waals surface area contributed by atoms with E-state index >= 15 is 0 Å². The quantitative estimate of drug-likeness (QED) is 0.803. The average molecular weight is 310 g/mol. The molecule has 4 rings (SSSR count). The zero-order valence-corrected chi connectivity index (χ0v) is 13.6. The second-order valence-electron chi connectivity index (χ2n) is 6.59. The van der Waals surface area contributed by atoms with E-state index in [9.17, 15) is 0 Å². The first-order valence-electron chi connectivity index (χ1n) is 8.33. The molecule has 1 aliphatic heterocycles. The van der Waals surface area contributed by atoms with Crippen molar-refractivity contribution in [1.82, 2.24) is 20.1 Å². The summed E-state index contributed by atoms with van der Waals surface area (Å²) < 4.78 is 7.93. The van der Waals surface area contributed by atoms with Gasteiger partial charge in [0.05, 0.1) is 13.1 Å². The van der Waals surface area contributed by atoms with Crippen molar-refractivity contribution in [2.24, 2.45) is 0 Å². The minimum Gasteiger partial charge on any atom is -0.460 e. The van der Waals surface area contributed by atoms with Crippen LogP contribution < -0.4 is 5.32 Å². The highest BCUT2D eigenvalue weighted by Crippen LogP contribution is 2.20. The number of furan rings is 1. The van der Waals surface area contributed by atoms with E-state index in [2.05, 4.69) is 46.1 Å². The Bertz CT molecular complexity index is 784. The van der Waals surface area contributed by atoms with E-state index in [1.54, 1.807) is 0 Å². The first-order valence-corrected chi connectivity index (χ1v) is 8.33. The van der Waals surface area contributed by atoms with Crippen LogP contribution in [0.1, 0.15) is 43.6 Å². The maximum absolute atomic E-state index is 5.87. The molecule has 0 amide bonds. The van der Waals surface area contributed by atoms with Crippen LogP contribution in [0.2, 0.25) is 0 Å². The molecule has 1 atom stereocenters. The van der Waals surface area contributed by atoms with Crippen LogP contribution in [0.25, 0.3) is 11.0 Å². The number of para-hydroxylation sites is 1. The van der Waals surface area contributed by atoms with E-state index in [1.807, 2.05) is 18.2 Å². The van der Waals surface area contributed by atoms with Crippen LogP contribution in [0.15, 0.2) is 34.7 Å². The fraction of sp³-hybridized carbons (Fsp3) is 0.444. The lowest BCUT2D eigenvalue weighted by Crippen LogP contribution is -2.37. The topological polar surface area (TPSA) is 55.9 Å². The number of nitrogens with zero attached hydrogens (tertiary/aromatic N) is 3. The first kappa shape index (κ1) is 14.5. The van der Waals surface area contributed by atoms with Crippen molar-refractivity contribution in [2.75, 3.05) is 0 Å². The van der Waals surface area contributed by atoms with Gasteiger partial charge in [-0.3, -0.25) is 0 Å². The summed E-state index contributed by atoms with van der Waals surface area (Å²) in [5.41, 5.74) is 0.952. The minimum atomic E-state index is 0.384. The van der Waals surface area contributed by atoms with E-state index in [-0.39, 0.29) is 0 Å². The van der Waals surface area contributed by atoms with E-state index in [0.29, 0.717) is 12.0 Å². The summed E-state index contributed by atoms with van der Waals surface area (Å²) in [6.45, 7) is 5.91. The molecule has 3 heterocycles. The molecule has 1 aromatic carbocycles. The van der Waals surface area contributed by atoms with Crippen molar-refractivity contribution < 1.29 is 4.42 Å². The van der Waals surface area contributed by atoms with Gasteiger partial charge in [-0.05, 0) is 18.6 Å². The summed E-state index contributed by atoms with van der Waals surface area (Å²) in [4.78, 5) is 4.64. The van der Waals surface area contributed by atoms with E-state index in [0.717, 1.165) is 54.3 Å². The van der Waals surface area contributed by atoms with Gasteiger partial charge in [-0.2, -0.15) is 5.10 Å². The van der Waals surface area contributed by atoms with Gasteiger partial charge in [0, 0.05) is 23.8 Å². The molecule has 0 spiro atoms. The maximum Gasteiger partial charge on any atom is 0.153 e. The van der Waals surface area contributed by atoms with Gasteiger partial charge in [-0.1, -0.05) is 32.0 Å². The largest absolute Gasteiger partial charge is 0.460 e. The maximum atomic E-state index is 5.87. The van der Waals surface area contributed by atoms with Crippen LogP contribution in [-0.2, 0) is 19.5 Å². The summed E-state index contributed by atoms with van der Waals surface area (Å²) in [6, 6.07) is 10.7. The molecule has 1 aliphatic rings. The van der Waals surface area contributed by atoms with Gasteiger partial charge in [0.15, 0.2) is 5.82 Å². The molecule has 1 N–H and O–H groups in total. The van der Waals surface area contributed by atoms with Crippen molar-refractivity contribution >= 4 is 11.0 Å². The molecule has 0 unspecified atom stereocenters. The number of hydrogen-bond acceptors (Lipinski definition) is 4. The van der Waals surface area contributed by atoms with Crippen molar-refractivity contribution in [1.29, 1.82) is 0 Å². The molecule has 5 nitrogen and oxygen atoms in total. The summed E-state index contributed by atoms with van der Waals surface area (Å²) in [5.74, 6) is 3.45. The van der Waals surface area contributed by atoms with Crippen LogP contribution >= 0.6 is 0 Å². The van der Waals surface area contributed by atoms with Crippen molar-refractivity contribution in [3.8, 4) is 0 Å². The number of rotatable bonds is 4. The summed E-state index contributed by atoms with van der Waals surface area (Å²) in [6.07, 6.45) is 2.08. The van der Waals surface area contributed by atoms with Crippen molar-refractivity contribution in [3.05, 3.63) is 47.7 Å². The zero-order valence-electron chi connectivity index (χ0n) is 13.6. The van der Waals surface area contributed by atoms with E-state index < -0.39 is 0 Å². The highest BCUT2D eigenvalue weighted by atomic mass is 16.3. The summed E-state index contributed by atoms with van der Waals surface area (Å²) in [7, 11) is 0. The van der Waals surface area contributed by atoms with Gasteiger partial charge in [0.2, 0.25) is 0 Å². The zero-order chi connectivity index (χ0) is 15.8. The lowest BCUT2D eigenvalue weighted by Gasteiger charge is -2.23. The van der Waals surface area contributed by atoms with Crippen LogP contribution in [0.5, 0.6) is 0 Å². The Morgan fingerprint density at radius 3 is 3.04 bits per heavy atom. The molecule has 0 saturated carbocycles. The van der Waals surface area contributed by atoms with Crippen molar-refractivity contribution in [3.63, 3.8) is 0 Å². The third-order valence-electron chi connectivity index (χ3n) is 4.43. The van der Waals surface area contributed by atoms with E-state index in [4.69, 9.17) is 4.42 Å².